The zero-order valence-corrected chi connectivity index (χ0v) is 15.3. The number of carbonyl (C=O) groups is 2. The van der Waals surface area contributed by atoms with E-state index in [0.29, 0.717) is 33.9 Å². The van der Waals surface area contributed by atoms with Crippen molar-refractivity contribution in [3.63, 3.8) is 0 Å². The van der Waals surface area contributed by atoms with E-state index in [1.807, 2.05) is 0 Å². The van der Waals surface area contributed by atoms with Gasteiger partial charge in [-0.05, 0) is 31.0 Å². The van der Waals surface area contributed by atoms with Crippen LogP contribution in [0, 0.1) is 5.92 Å². The van der Waals surface area contributed by atoms with Crippen LogP contribution < -0.4 is 5.32 Å². The number of likely N-dealkylation sites (tertiary alicyclic amines) is 1. The van der Waals surface area contributed by atoms with Crippen molar-refractivity contribution in [2.24, 2.45) is 10.9 Å². The lowest BCUT2D eigenvalue weighted by Crippen LogP contribution is -2.46. The molecule has 1 aromatic rings. The molecule has 2 amide bonds. The minimum atomic E-state index is -0.214. The van der Waals surface area contributed by atoms with E-state index in [-0.39, 0.29) is 17.7 Å². The maximum atomic E-state index is 12.6. The van der Waals surface area contributed by atoms with Gasteiger partial charge in [-0.1, -0.05) is 35.0 Å². The summed E-state index contributed by atoms with van der Waals surface area (Å²) in [5.41, 5.74) is 0.487. The summed E-state index contributed by atoms with van der Waals surface area (Å²) >= 11 is 13.4. The van der Waals surface area contributed by atoms with Gasteiger partial charge in [0.05, 0.1) is 22.5 Å². The molecule has 1 fully saturated rings. The second-order valence-corrected chi connectivity index (χ2v) is 7.64. The lowest BCUT2D eigenvalue weighted by Gasteiger charge is -2.32. The summed E-state index contributed by atoms with van der Waals surface area (Å²) < 4.78 is 0. The van der Waals surface area contributed by atoms with Gasteiger partial charge in [-0.25, -0.2) is 0 Å². The number of piperidine rings is 1. The minimum absolute atomic E-state index is 0.0604. The van der Waals surface area contributed by atoms with Crippen molar-refractivity contribution < 1.29 is 9.59 Å². The third-order valence-corrected chi connectivity index (χ3v) is 5.69. The number of hydrogen-bond acceptors (Lipinski definition) is 4. The molecule has 128 valence electrons. The van der Waals surface area contributed by atoms with Crippen LogP contribution in [-0.2, 0) is 4.79 Å². The van der Waals surface area contributed by atoms with Gasteiger partial charge >= 0.3 is 0 Å². The molecule has 1 N–H and O–H groups in total. The summed E-state index contributed by atoms with van der Waals surface area (Å²) in [7, 11) is 0. The molecule has 2 aliphatic rings. The van der Waals surface area contributed by atoms with E-state index in [1.165, 1.54) is 0 Å². The minimum Gasteiger partial charge on any atom is -0.338 e. The average Bonchev–Trinajstić information content (AvgIpc) is 3.10. The van der Waals surface area contributed by atoms with Crippen molar-refractivity contribution in [2.75, 3.05) is 25.4 Å². The summed E-state index contributed by atoms with van der Waals surface area (Å²) in [5.74, 6) is 0.505. The molecule has 2 aliphatic heterocycles. The van der Waals surface area contributed by atoms with Crippen molar-refractivity contribution in [2.45, 2.75) is 12.8 Å². The van der Waals surface area contributed by atoms with E-state index in [0.717, 1.165) is 25.1 Å². The highest BCUT2D eigenvalue weighted by atomic mass is 35.5. The largest absolute Gasteiger partial charge is 0.338 e. The maximum absolute atomic E-state index is 12.6. The molecule has 1 saturated heterocycles. The van der Waals surface area contributed by atoms with Crippen LogP contribution >= 0.6 is 35.0 Å². The molecule has 1 aromatic carbocycles. The van der Waals surface area contributed by atoms with Crippen LogP contribution in [0.2, 0.25) is 10.0 Å². The molecule has 0 radical (unpaired) electrons. The number of thioether (sulfide) groups is 1. The fourth-order valence-corrected chi connectivity index (χ4v) is 3.83. The number of amidine groups is 1. The maximum Gasteiger partial charge on any atom is 0.253 e. The van der Waals surface area contributed by atoms with E-state index in [9.17, 15) is 9.59 Å². The van der Waals surface area contributed by atoms with Gasteiger partial charge in [-0.3, -0.25) is 14.6 Å². The Balaban J connectivity index is 1.64. The second-order valence-electron chi connectivity index (χ2n) is 5.74. The number of halogens is 2. The van der Waals surface area contributed by atoms with Gasteiger partial charge in [0.15, 0.2) is 5.17 Å². The quantitative estimate of drug-likeness (QED) is 0.850. The fourth-order valence-electron chi connectivity index (χ4n) is 2.81. The van der Waals surface area contributed by atoms with Gasteiger partial charge in [0, 0.05) is 24.4 Å². The summed E-state index contributed by atoms with van der Waals surface area (Å²) in [6.07, 6.45) is 1.57. The average molecular weight is 386 g/mol. The van der Waals surface area contributed by atoms with Crippen molar-refractivity contribution >= 4 is 51.9 Å². The molecule has 24 heavy (non-hydrogen) atoms. The van der Waals surface area contributed by atoms with Crippen molar-refractivity contribution in [1.82, 2.24) is 10.2 Å². The zero-order chi connectivity index (χ0) is 17.1. The predicted molar refractivity (Wildman–Crippen MR) is 98.0 cm³/mol. The van der Waals surface area contributed by atoms with Gasteiger partial charge in [0.2, 0.25) is 5.91 Å². The standard InChI is InChI=1S/C16H17Cl2N3O2S/c17-12-4-3-10(8-13(12)18)15(23)21-6-1-2-11(9-21)14(22)20-16-19-5-7-24-16/h3-4,8,11H,1-2,5-7,9H2,(H,19,20,22)/t11-/m1/s1. The normalized spacial score (nSPS) is 20.7. The highest BCUT2D eigenvalue weighted by Gasteiger charge is 2.30. The van der Waals surface area contributed by atoms with E-state index >= 15 is 0 Å². The van der Waals surface area contributed by atoms with Crippen molar-refractivity contribution in [3.8, 4) is 0 Å². The summed E-state index contributed by atoms with van der Waals surface area (Å²) in [6.45, 7) is 1.79. The Morgan fingerprint density at radius 2 is 2.12 bits per heavy atom. The smallest absolute Gasteiger partial charge is 0.253 e. The Labute approximate surface area is 154 Å². The number of amides is 2. The van der Waals surface area contributed by atoms with Crippen molar-refractivity contribution in [1.29, 1.82) is 0 Å². The van der Waals surface area contributed by atoms with Gasteiger partial charge in [0.1, 0.15) is 0 Å². The lowest BCUT2D eigenvalue weighted by molar-refractivity contribution is -0.124. The van der Waals surface area contributed by atoms with E-state index in [1.54, 1.807) is 34.9 Å². The van der Waals surface area contributed by atoms with Gasteiger partial charge in [-0.2, -0.15) is 0 Å². The van der Waals surface area contributed by atoms with E-state index < -0.39 is 0 Å². The van der Waals surface area contributed by atoms with E-state index in [2.05, 4.69) is 10.3 Å². The number of rotatable bonds is 2. The third-order valence-electron chi connectivity index (χ3n) is 4.06. The molecule has 1 atom stereocenters. The first-order valence-corrected chi connectivity index (χ1v) is 9.51. The van der Waals surface area contributed by atoms with Crippen LogP contribution in [0.3, 0.4) is 0 Å². The first kappa shape index (κ1) is 17.6. The molecule has 0 bridgehead atoms. The Morgan fingerprint density at radius 3 is 2.83 bits per heavy atom. The van der Waals surface area contributed by atoms with Crippen molar-refractivity contribution in [3.05, 3.63) is 33.8 Å². The van der Waals surface area contributed by atoms with Gasteiger partial charge in [0.25, 0.3) is 5.91 Å². The number of aliphatic imine (C=N–C) groups is 1. The van der Waals surface area contributed by atoms with Gasteiger partial charge < -0.3 is 10.2 Å². The molecule has 0 aromatic heterocycles. The second kappa shape index (κ2) is 7.76. The Kier molecular flexibility index (Phi) is 5.69. The SMILES string of the molecule is O=C(NC1=NCCS1)[C@@H]1CCCN(C(=O)c2ccc(Cl)c(Cl)c2)C1. The Morgan fingerprint density at radius 1 is 1.29 bits per heavy atom. The molecular formula is C16H17Cl2N3O2S. The molecular weight excluding hydrogens is 369 g/mol. The molecule has 8 heteroatoms. The Hall–Kier alpha value is -1.24. The lowest BCUT2D eigenvalue weighted by atomic mass is 9.96. The zero-order valence-electron chi connectivity index (χ0n) is 12.9. The van der Waals surface area contributed by atoms with Crippen LogP contribution in [0.25, 0.3) is 0 Å². The van der Waals surface area contributed by atoms with Crippen LogP contribution in [0.1, 0.15) is 23.2 Å². The molecule has 0 spiro atoms. The number of nitrogens with zero attached hydrogens (tertiary/aromatic N) is 2. The number of carbonyl (C=O) groups excluding carboxylic acids is 2. The molecule has 2 heterocycles. The number of nitrogens with one attached hydrogen (secondary N) is 1. The first-order valence-electron chi connectivity index (χ1n) is 7.77. The van der Waals surface area contributed by atoms with Gasteiger partial charge in [-0.15, -0.1) is 0 Å². The molecule has 5 nitrogen and oxygen atoms in total. The monoisotopic (exact) mass is 385 g/mol. The molecule has 3 rings (SSSR count). The third kappa shape index (κ3) is 4.05. The topological polar surface area (TPSA) is 61.8 Å². The molecule has 0 saturated carbocycles. The fraction of sp³-hybridized carbons (Fsp3) is 0.438. The molecule has 0 aliphatic carbocycles. The highest BCUT2D eigenvalue weighted by Crippen LogP contribution is 2.25. The van der Waals surface area contributed by atoms with E-state index in [4.69, 9.17) is 23.2 Å². The van der Waals surface area contributed by atoms with Crippen LogP contribution in [0.15, 0.2) is 23.2 Å². The summed E-state index contributed by atoms with van der Waals surface area (Å²) in [6, 6.07) is 4.84. The number of benzene rings is 1. The predicted octanol–water partition coefficient (Wildman–Crippen LogP) is 3.06. The number of hydrogen-bond donors (Lipinski definition) is 1. The first-order chi connectivity index (χ1) is 11.5. The van der Waals surface area contributed by atoms with Crippen LogP contribution in [0.4, 0.5) is 0 Å². The highest BCUT2D eigenvalue weighted by molar-refractivity contribution is 8.14. The summed E-state index contributed by atoms with van der Waals surface area (Å²) in [5, 5.41) is 4.32. The molecule has 0 unspecified atom stereocenters. The van der Waals surface area contributed by atoms with Crippen LogP contribution in [0.5, 0.6) is 0 Å². The summed E-state index contributed by atoms with van der Waals surface area (Å²) in [4.78, 5) is 31.0. The van der Waals surface area contributed by atoms with Crippen LogP contribution in [-0.4, -0.2) is 47.3 Å². The Bertz CT molecular complexity index is 696.